The zero-order chi connectivity index (χ0) is 14.9. The van der Waals surface area contributed by atoms with Crippen LogP contribution in [0.1, 0.15) is 20.8 Å². The van der Waals surface area contributed by atoms with Gasteiger partial charge in [-0.1, -0.05) is 0 Å². The molecule has 0 saturated carbocycles. The van der Waals surface area contributed by atoms with Crippen LogP contribution in [0, 0.1) is 0 Å². The monoisotopic (exact) mass is 278 g/mol. The zero-order valence-corrected chi connectivity index (χ0v) is 12.5. The van der Waals surface area contributed by atoms with Crippen molar-refractivity contribution >= 4 is 11.8 Å². The van der Waals surface area contributed by atoms with Gasteiger partial charge in [0.15, 0.2) is 0 Å². The molecular weight excluding hydrogens is 256 g/mol. The minimum atomic E-state index is -0.453. The van der Waals surface area contributed by atoms with E-state index in [1.54, 1.807) is 17.0 Å². The molecule has 1 aliphatic rings. The predicted molar refractivity (Wildman–Crippen MR) is 78.1 cm³/mol. The van der Waals surface area contributed by atoms with E-state index in [4.69, 9.17) is 4.74 Å². The summed E-state index contributed by atoms with van der Waals surface area (Å²) in [6.45, 7) is 6.92. The van der Waals surface area contributed by atoms with E-state index in [-0.39, 0.29) is 17.9 Å². The van der Waals surface area contributed by atoms with Crippen molar-refractivity contribution in [3.05, 3.63) is 24.3 Å². The maximum absolute atomic E-state index is 11.8. The summed E-state index contributed by atoms with van der Waals surface area (Å²) in [6.07, 6.45) is -0.257. The number of amides is 1. The number of ether oxygens (including phenoxy) is 1. The minimum Gasteiger partial charge on any atom is -0.508 e. The second-order valence-corrected chi connectivity index (χ2v) is 6.17. The summed E-state index contributed by atoms with van der Waals surface area (Å²) in [4.78, 5) is 15.7. The minimum absolute atomic E-state index is 0.256. The van der Waals surface area contributed by atoms with E-state index in [2.05, 4.69) is 4.90 Å². The standard InChI is InChI=1S/C15H22N2O3/c1-15(2,3)20-14(19)17-9-12(10-17)16(4)11-5-7-13(18)8-6-11/h5-8,12,18H,9-10H2,1-4H3. The van der Waals surface area contributed by atoms with Crippen LogP contribution >= 0.6 is 0 Å². The third-order valence-corrected chi connectivity index (χ3v) is 3.32. The number of aromatic hydroxyl groups is 1. The Morgan fingerprint density at radius 3 is 2.35 bits per heavy atom. The number of benzene rings is 1. The number of anilines is 1. The number of carbonyl (C=O) groups is 1. The first kappa shape index (κ1) is 14.5. The van der Waals surface area contributed by atoms with Crippen LogP contribution in [-0.2, 0) is 4.74 Å². The number of likely N-dealkylation sites (tertiary alicyclic amines) is 1. The van der Waals surface area contributed by atoms with Crippen LogP contribution in [0.2, 0.25) is 0 Å². The van der Waals surface area contributed by atoms with Crippen LogP contribution in [-0.4, -0.2) is 47.9 Å². The lowest BCUT2D eigenvalue weighted by Crippen LogP contribution is -2.61. The van der Waals surface area contributed by atoms with Crippen LogP contribution in [0.5, 0.6) is 5.75 Å². The van der Waals surface area contributed by atoms with Gasteiger partial charge in [-0.15, -0.1) is 0 Å². The molecule has 20 heavy (non-hydrogen) atoms. The number of nitrogens with zero attached hydrogens (tertiary/aromatic N) is 2. The number of carbonyl (C=O) groups excluding carboxylic acids is 1. The van der Waals surface area contributed by atoms with Gasteiger partial charge in [-0.05, 0) is 45.0 Å². The van der Waals surface area contributed by atoms with E-state index < -0.39 is 5.60 Å². The summed E-state index contributed by atoms with van der Waals surface area (Å²) >= 11 is 0. The number of phenols is 1. The molecule has 110 valence electrons. The van der Waals surface area contributed by atoms with E-state index in [9.17, 15) is 9.90 Å². The fourth-order valence-corrected chi connectivity index (χ4v) is 2.07. The largest absolute Gasteiger partial charge is 0.508 e. The molecule has 5 nitrogen and oxygen atoms in total. The fraction of sp³-hybridized carbons (Fsp3) is 0.533. The van der Waals surface area contributed by atoms with Gasteiger partial charge < -0.3 is 19.6 Å². The molecule has 1 aromatic carbocycles. The van der Waals surface area contributed by atoms with Gasteiger partial charge in [0.25, 0.3) is 0 Å². The Hall–Kier alpha value is -1.91. The molecule has 5 heteroatoms. The average Bonchev–Trinajstić information content (AvgIpc) is 2.25. The molecule has 0 bridgehead atoms. The van der Waals surface area contributed by atoms with Crippen molar-refractivity contribution in [2.24, 2.45) is 0 Å². The summed E-state index contributed by atoms with van der Waals surface area (Å²) in [5, 5.41) is 9.28. The van der Waals surface area contributed by atoms with Crippen molar-refractivity contribution in [1.82, 2.24) is 4.90 Å². The van der Waals surface area contributed by atoms with Crippen LogP contribution in [0.15, 0.2) is 24.3 Å². The van der Waals surface area contributed by atoms with Crippen LogP contribution < -0.4 is 4.90 Å². The second-order valence-electron chi connectivity index (χ2n) is 6.17. The van der Waals surface area contributed by atoms with Crippen molar-refractivity contribution in [3.8, 4) is 5.75 Å². The average molecular weight is 278 g/mol. The maximum Gasteiger partial charge on any atom is 0.410 e. The van der Waals surface area contributed by atoms with Gasteiger partial charge in [-0.2, -0.15) is 0 Å². The SMILES string of the molecule is CN(c1ccc(O)cc1)C1CN(C(=O)OC(C)(C)C)C1. The molecule has 0 unspecified atom stereocenters. The predicted octanol–water partition coefficient (Wildman–Crippen LogP) is 2.45. The molecule has 1 heterocycles. The van der Waals surface area contributed by atoms with Gasteiger partial charge in [0, 0.05) is 25.8 Å². The van der Waals surface area contributed by atoms with E-state index >= 15 is 0 Å². The number of phenolic OH excluding ortho intramolecular Hbond substituents is 1. The Labute approximate surface area is 119 Å². The lowest BCUT2D eigenvalue weighted by atomic mass is 10.1. The van der Waals surface area contributed by atoms with Crippen LogP contribution in [0.4, 0.5) is 10.5 Å². The summed E-state index contributed by atoms with van der Waals surface area (Å²) in [7, 11) is 1.99. The Morgan fingerprint density at radius 1 is 1.30 bits per heavy atom. The highest BCUT2D eigenvalue weighted by molar-refractivity contribution is 5.70. The van der Waals surface area contributed by atoms with Crippen molar-refractivity contribution in [2.75, 3.05) is 25.0 Å². The lowest BCUT2D eigenvalue weighted by molar-refractivity contribution is 0.00852. The first-order valence-electron chi connectivity index (χ1n) is 6.76. The van der Waals surface area contributed by atoms with Crippen molar-refractivity contribution in [3.63, 3.8) is 0 Å². The first-order chi connectivity index (χ1) is 9.26. The summed E-state index contributed by atoms with van der Waals surface area (Å²) in [5.74, 6) is 0.256. The molecule has 1 aromatic rings. The normalized spacial score (nSPS) is 15.7. The quantitative estimate of drug-likeness (QED) is 0.903. The van der Waals surface area contributed by atoms with Gasteiger partial charge in [-0.3, -0.25) is 0 Å². The van der Waals surface area contributed by atoms with E-state index in [1.807, 2.05) is 40.0 Å². The van der Waals surface area contributed by atoms with E-state index in [1.165, 1.54) is 0 Å². The first-order valence-corrected chi connectivity index (χ1v) is 6.76. The fourth-order valence-electron chi connectivity index (χ4n) is 2.07. The van der Waals surface area contributed by atoms with Gasteiger partial charge in [0.2, 0.25) is 0 Å². The molecule has 0 aromatic heterocycles. The highest BCUT2D eigenvalue weighted by Gasteiger charge is 2.35. The highest BCUT2D eigenvalue weighted by atomic mass is 16.6. The molecule has 1 fully saturated rings. The highest BCUT2D eigenvalue weighted by Crippen LogP contribution is 2.24. The Balaban J connectivity index is 1.87. The second kappa shape index (κ2) is 5.23. The van der Waals surface area contributed by atoms with Gasteiger partial charge in [-0.25, -0.2) is 4.79 Å². The molecule has 0 aliphatic carbocycles. The van der Waals surface area contributed by atoms with Gasteiger partial charge in [0.1, 0.15) is 11.4 Å². The third-order valence-electron chi connectivity index (χ3n) is 3.32. The lowest BCUT2D eigenvalue weighted by Gasteiger charge is -2.44. The van der Waals surface area contributed by atoms with Gasteiger partial charge >= 0.3 is 6.09 Å². The molecule has 0 radical (unpaired) electrons. The van der Waals surface area contributed by atoms with Gasteiger partial charge in [0.05, 0.1) is 6.04 Å². The molecule has 1 saturated heterocycles. The molecule has 1 amide bonds. The Morgan fingerprint density at radius 2 is 1.85 bits per heavy atom. The van der Waals surface area contributed by atoms with Crippen molar-refractivity contribution in [2.45, 2.75) is 32.4 Å². The van der Waals surface area contributed by atoms with Crippen molar-refractivity contribution in [1.29, 1.82) is 0 Å². The number of hydrogen-bond donors (Lipinski definition) is 1. The number of hydrogen-bond acceptors (Lipinski definition) is 4. The molecular formula is C15H22N2O3. The van der Waals surface area contributed by atoms with Crippen LogP contribution in [0.3, 0.4) is 0 Å². The summed E-state index contributed by atoms with van der Waals surface area (Å²) < 4.78 is 5.33. The smallest absolute Gasteiger partial charge is 0.410 e. The number of likely N-dealkylation sites (N-methyl/N-ethyl adjacent to an activating group) is 1. The van der Waals surface area contributed by atoms with Crippen molar-refractivity contribution < 1.29 is 14.6 Å². The molecule has 1 aliphatic heterocycles. The number of rotatable bonds is 2. The summed E-state index contributed by atoms with van der Waals surface area (Å²) in [6, 6.07) is 7.34. The maximum atomic E-state index is 11.8. The zero-order valence-electron chi connectivity index (χ0n) is 12.5. The third kappa shape index (κ3) is 3.35. The van der Waals surface area contributed by atoms with E-state index in [0.717, 1.165) is 5.69 Å². The molecule has 0 spiro atoms. The molecule has 2 rings (SSSR count). The summed E-state index contributed by atoms with van der Waals surface area (Å²) in [5.41, 5.74) is 0.571. The van der Waals surface area contributed by atoms with Crippen LogP contribution in [0.25, 0.3) is 0 Å². The topological polar surface area (TPSA) is 53.0 Å². The Bertz CT molecular complexity index is 473. The Kier molecular flexibility index (Phi) is 3.79. The van der Waals surface area contributed by atoms with E-state index in [0.29, 0.717) is 13.1 Å². The molecule has 1 N–H and O–H groups in total. The molecule has 0 atom stereocenters.